The summed E-state index contributed by atoms with van der Waals surface area (Å²) in [5, 5.41) is 35.0. The van der Waals surface area contributed by atoms with Gasteiger partial charge in [0.25, 0.3) is 0 Å². The van der Waals surface area contributed by atoms with Gasteiger partial charge in [-0.05, 0) is 67.8 Å². The Bertz CT molecular complexity index is 1850. The molecule has 8 rings (SSSR count). The maximum Gasteiger partial charge on any atom is 0.229 e. The molecule has 0 radical (unpaired) electrons. The van der Waals surface area contributed by atoms with Crippen LogP contribution >= 0.6 is 0 Å². The zero-order chi connectivity index (χ0) is 35.4. The van der Waals surface area contributed by atoms with Gasteiger partial charge in [0.1, 0.15) is 18.3 Å². The Balaban J connectivity index is 1.07. The van der Waals surface area contributed by atoms with E-state index in [4.69, 9.17) is 19.7 Å². The van der Waals surface area contributed by atoms with Crippen molar-refractivity contribution in [2.24, 2.45) is 5.92 Å². The number of benzene rings is 3. The van der Waals surface area contributed by atoms with E-state index < -0.39 is 31.1 Å². The molecule has 0 spiro atoms. The molecule has 52 heavy (non-hydrogen) atoms. The maximum atomic E-state index is 11.0. The minimum absolute atomic E-state index is 0.0581. The number of nitrogens with one attached hydrogen (secondary N) is 1. The smallest absolute Gasteiger partial charge is 0.229 e. The van der Waals surface area contributed by atoms with Gasteiger partial charge >= 0.3 is 0 Å². The van der Waals surface area contributed by atoms with Crippen LogP contribution in [-0.2, 0) is 11.2 Å². The van der Waals surface area contributed by atoms with Crippen LogP contribution in [0.2, 0.25) is 0 Å². The third-order valence-corrected chi connectivity index (χ3v) is 11.3. The van der Waals surface area contributed by atoms with Crippen molar-refractivity contribution in [3.63, 3.8) is 0 Å². The van der Waals surface area contributed by atoms with Crippen LogP contribution in [0.3, 0.4) is 0 Å². The van der Waals surface area contributed by atoms with Gasteiger partial charge in [0.2, 0.25) is 5.95 Å². The van der Waals surface area contributed by atoms with E-state index in [0.717, 1.165) is 45.4 Å². The molecule has 0 amide bonds. The number of hydrogen-bond donors (Lipinski definition) is 4. The molecule has 11 nitrogen and oxygen atoms in total. The summed E-state index contributed by atoms with van der Waals surface area (Å²) in [6.07, 6.45) is 2.89. The molecule has 3 aliphatic rings. The lowest BCUT2D eigenvalue weighted by Crippen LogP contribution is -2.44. The van der Waals surface area contributed by atoms with Crippen molar-refractivity contribution < 1.29 is 20.1 Å². The van der Waals surface area contributed by atoms with Crippen molar-refractivity contribution in [1.29, 1.82) is 0 Å². The van der Waals surface area contributed by atoms with Gasteiger partial charge in [0, 0.05) is 31.6 Å². The van der Waals surface area contributed by atoms with Crippen LogP contribution in [0.5, 0.6) is 0 Å². The van der Waals surface area contributed by atoms with E-state index in [2.05, 4.69) is 94.0 Å². The number of fused-ring (bicyclic) bond motifs is 1. The van der Waals surface area contributed by atoms with E-state index in [1.54, 1.807) is 10.9 Å². The topological polar surface area (TPSA) is 132 Å². The Morgan fingerprint density at radius 2 is 1.48 bits per heavy atom. The standard InChI is InChI=1S/C41H49N7O4/c49-26-34-36(50)37(51)40(52-34)48-27-43-35-38(42-24-33(30-13-6-2-7-14-30)31-15-8-3-9-16-31)44-41(45-39(35)48)47-20-10-17-32(47)25-46-21-18-29(19-22-46)23-28-11-4-1-5-12-28/h1-9,11-16,27,29,32-34,36-37,40,49-51H,10,17-26H2,(H,42,44,45)/t32-,34-,36-,37-,40-/m1/s1. The molecule has 5 heterocycles. The number of ether oxygens (including phenoxy) is 1. The Hall–Kier alpha value is -4.39. The number of aliphatic hydroxyl groups excluding tert-OH is 3. The summed E-state index contributed by atoms with van der Waals surface area (Å²) >= 11 is 0. The van der Waals surface area contributed by atoms with Crippen LogP contribution in [-0.4, -0.2) is 103 Å². The zero-order valence-corrected chi connectivity index (χ0v) is 29.5. The van der Waals surface area contributed by atoms with E-state index in [9.17, 15) is 15.3 Å². The minimum Gasteiger partial charge on any atom is -0.394 e. The highest BCUT2D eigenvalue weighted by molar-refractivity contribution is 5.84. The van der Waals surface area contributed by atoms with E-state index in [1.165, 1.54) is 29.5 Å². The van der Waals surface area contributed by atoms with Crippen molar-refractivity contribution in [2.75, 3.05) is 49.5 Å². The first kappa shape index (κ1) is 34.7. The highest BCUT2D eigenvalue weighted by atomic mass is 16.6. The largest absolute Gasteiger partial charge is 0.394 e. The highest BCUT2D eigenvalue weighted by Gasteiger charge is 2.44. The van der Waals surface area contributed by atoms with Gasteiger partial charge in [-0.3, -0.25) is 4.57 Å². The van der Waals surface area contributed by atoms with E-state index in [-0.39, 0.29) is 12.0 Å². The molecule has 11 heteroatoms. The van der Waals surface area contributed by atoms with Crippen LogP contribution in [0.15, 0.2) is 97.3 Å². The third-order valence-electron chi connectivity index (χ3n) is 11.3. The van der Waals surface area contributed by atoms with Gasteiger partial charge in [-0.2, -0.15) is 9.97 Å². The second-order valence-electron chi connectivity index (χ2n) is 14.6. The number of imidazole rings is 1. The zero-order valence-electron chi connectivity index (χ0n) is 29.5. The van der Waals surface area contributed by atoms with Gasteiger partial charge in [-0.15, -0.1) is 0 Å². The van der Waals surface area contributed by atoms with Gasteiger partial charge in [-0.1, -0.05) is 91.0 Å². The second kappa shape index (κ2) is 15.7. The Labute approximate surface area is 304 Å². The summed E-state index contributed by atoms with van der Waals surface area (Å²) in [6.45, 7) is 4.15. The van der Waals surface area contributed by atoms with Crippen LogP contribution in [0.4, 0.5) is 11.8 Å². The molecule has 0 unspecified atom stereocenters. The lowest BCUT2D eigenvalue weighted by molar-refractivity contribution is -0.0511. The van der Waals surface area contributed by atoms with Crippen molar-refractivity contribution >= 4 is 22.9 Å². The van der Waals surface area contributed by atoms with Crippen LogP contribution < -0.4 is 10.2 Å². The molecule has 4 N–H and O–H groups in total. The molecular weight excluding hydrogens is 654 g/mol. The van der Waals surface area contributed by atoms with E-state index >= 15 is 0 Å². The second-order valence-corrected chi connectivity index (χ2v) is 14.6. The minimum atomic E-state index is -1.26. The van der Waals surface area contributed by atoms with Crippen molar-refractivity contribution in [2.45, 2.75) is 68.6 Å². The summed E-state index contributed by atoms with van der Waals surface area (Å²) in [7, 11) is 0. The predicted molar refractivity (Wildman–Crippen MR) is 201 cm³/mol. The van der Waals surface area contributed by atoms with Gasteiger partial charge < -0.3 is 35.2 Å². The average molecular weight is 704 g/mol. The van der Waals surface area contributed by atoms with Crippen molar-refractivity contribution in [3.8, 4) is 0 Å². The molecular formula is C41H49N7O4. The monoisotopic (exact) mass is 703 g/mol. The SMILES string of the molecule is OC[C@H]1O[C@@H](n2cnc3c(NCC(c4ccccc4)c4ccccc4)nc(N4CCC[C@@H]4CN4CCC(Cc5ccccc5)CC4)nc32)[C@H](O)[C@@H]1O. The Morgan fingerprint density at radius 1 is 0.808 bits per heavy atom. The van der Waals surface area contributed by atoms with Crippen LogP contribution in [0, 0.1) is 5.92 Å². The molecule has 5 aromatic rings. The normalized spacial score (nSPS) is 24.3. The molecule has 3 saturated heterocycles. The molecule has 272 valence electrons. The molecule has 3 aromatic carbocycles. The quantitative estimate of drug-likeness (QED) is 0.146. The molecule has 3 aliphatic heterocycles. The third kappa shape index (κ3) is 7.29. The Kier molecular flexibility index (Phi) is 10.5. The number of rotatable bonds is 12. The lowest BCUT2D eigenvalue weighted by atomic mass is 9.90. The molecule has 0 saturated carbocycles. The summed E-state index contributed by atoms with van der Waals surface area (Å²) in [4.78, 5) is 19.9. The maximum absolute atomic E-state index is 11.0. The first-order valence-electron chi connectivity index (χ1n) is 18.8. The molecule has 3 fully saturated rings. The first-order valence-corrected chi connectivity index (χ1v) is 18.8. The van der Waals surface area contributed by atoms with Gasteiger partial charge in [0.05, 0.1) is 12.9 Å². The predicted octanol–water partition coefficient (Wildman–Crippen LogP) is 4.61. The fraction of sp³-hybridized carbons (Fsp3) is 0.439. The number of anilines is 2. The Morgan fingerprint density at radius 3 is 2.13 bits per heavy atom. The molecule has 2 aromatic heterocycles. The molecule has 5 atom stereocenters. The number of aliphatic hydroxyl groups is 3. The highest BCUT2D eigenvalue weighted by Crippen LogP contribution is 2.35. The fourth-order valence-electron chi connectivity index (χ4n) is 8.36. The van der Waals surface area contributed by atoms with Gasteiger partial charge in [-0.25, -0.2) is 4.98 Å². The van der Waals surface area contributed by atoms with E-state index in [0.29, 0.717) is 35.4 Å². The van der Waals surface area contributed by atoms with Crippen LogP contribution in [0.1, 0.15) is 54.5 Å². The summed E-state index contributed by atoms with van der Waals surface area (Å²) in [6, 6.07) is 32.0. The number of aromatic nitrogens is 4. The lowest BCUT2D eigenvalue weighted by Gasteiger charge is -2.36. The number of piperidine rings is 1. The van der Waals surface area contributed by atoms with Crippen LogP contribution in [0.25, 0.3) is 11.2 Å². The number of nitrogens with zero attached hydrogens (tertiary/aromatic N) is 6. The number of likely N-dealkylation sites (tertiary alicyclic amines) is 1. The van der Waals surface area contributed by atoms with Gasteiger partial charge in [0.15, 0.2) is 23.2 Å². The summed E-state index contributed by atoms with van der Waals surface area (Å²) in [5.74, 6) is 1.99. The summed E-state index contributed by atoms with van der Waals surface area (Å²) in [5.41, 5.74) is 4.87. The van der Waals surface area contributed by atoms with Crippen molar-refractivity contribution in [3.05, 3.63) is 114 Å². The fourth-order valence-corrected chi connectivity index (χ4v) is 8.36. The molecule has 0 bridgehead atoms. The van der Waals surface area contributed by atoms with Crippen molar-refractivity contribution in [1.82, 2.24) is 24.4 Å². The average Bonchev–Trinajstić information content (AvgIpc) is 3.91. The molecule has 0 aliphatic carbocycles. The van der Waals surface area contributed by atoms with E-state index in [1.807, 2.05) is 12.1 Å². The first-order chi connectivity index (χ1) is 25.6. The summed E-state index contributed by atoms with van der Waals surface area (Å²) < 4.78 is 7.62. The number of hydrogen-bond acceptors (Lipinski definition) is 10.